The molecule has 1 N–H and O–H groups in total. The van der Waals surface area contributed by atoms with Crippen LogP contribution in [0.2, 0.25) is 0 Å². The lowest BCUT2D eigenvalue weighted by atomic mass is 9.94. The SMILES string of the molecule is C=CCC(=O)Nc1cc(CC(=O)OC)ccc1-c1cc(C(CC=C)C(=O)OC(C)(C)C)ccn1. The monoisotopic (exact) mass is 464 g/mol. The van der Waals surface area contributed by atoms with Crippen molar-refractivity contribution >= 4 is 23.5 Å². The van der Waals surface area contributed by atoms with Crippen LogP contribution in [0, 0.1) is 0 Å². The molecular formula is C27H32N2O5. The van der Waals surface area contributed by atoms with Crippen LogP contribution in [0.15, 0.2) is 61.8 Å². The van der Waals surface area contributed by atoms with Crippen molar-refractivity contribution in [2.75, 3.05) is 12.4 Å². The van der Waals surface area contributed by atoms with Crippen molar-refractivity contribution in [3.63, 3.8) is 0 Å². The Morgan fingerprint density at radius 1 is 1.12 bits per heavy atom. The summed E-state index contributed by atoms with van der Waals surface area (Å²) in [4.78, 5) is 41.4. The first-order valence-corrected chi connectivity index (χ1v) is 11.0. The van der Waals surface area contributed by atoms with Crippen LogP contribution in [0.3, 0.4) is 0 Å². The number of carbonyl (C=O) groups excluding carboxylic acids is 3. The predicted octanol–water partition coefficient (Wildman–Crippen LogP) is 4.98. The number of nitrogens with zero attached hydrogens (tertiary/aromatic N) is 1. The van der Waals surface area contributed by atoms with Crippen molar-refractivity contribution in [2.24, 2.45) is 0 Å². The molecule has 0 spiro atoms. The summed E-state index contributed by atoms with van der Waals surface area (Å²) >= 11 is 0. The number of rotatable bonds is 10. The van der Waals surface area contributed by atoms with Crippen molar-refractivity contribution in [3.8, 4) is 11.3 Å². The Balaban J connectivity index is 2.50. The standard InChI is InChI=1S/C27H32N2O5/c1-7-9-20(26(32)34-27(3,4)5)19-13-14-28-22(17-19)21-12-11-18(16-25(31)33-6)15-23(21)29-24(30)10-8-2/h7-8,11-15,17,20H,1-2,9-10,16H2,3-6H3,(H,29,30). The summed E-state index contributed by atoms with van der Waals surface area (Å²) in [5, 5.41) is 2.86. The van der Waals surface area contributed by atoms with Gasteiger partial charge in [-0.2, -0.15) is 0 Å². The van der Waals surface area contributed by atoms with Crippen LogP contribution in [-0.2, 0) is 30.3 Å². The average Bonchev–Trinajstić information content (AvgIpc) is 2.76. The summed E-state index contributed by atoms with van der Waals surface area (Å²) in [6.45, 7) is 12.8. The number of ether oxygens (including phenoxy) is 2. The van der Waals surface area contributed by atoms with Crippen molar-refractivity contribution in [2.45, 2.75) is 51.6 Å². The van der Waals surface area contributed by atoms with Crippen LogP contribution in [0.25, 0.3) is 11.3 Å². The zero-order valence-corrected chi connectivity index (χ0v) is 20.2. The number of nitrogens with one attached hydrogen (secondary N) is 1. The normalized spacial score (nSPS) is 11.8. The molecule has 2 aromatic rings. The Morgan fingerprint density at radius 2 is 1.85 bits per heavy atom. The number of hydrogen-bond acceptors (Lipinski definition) is 6. The van der Waals surface area contributed by atoms with Crippen molar-refractivity contribution in [1.82, 2.24) is 4.98 Å². The number of carbonyl (C=O) groups is 3. The summed E-state index contributed by atoms with van der Waals surface area (Å²) in [6.07, 6.45) is 5.40. The molecule has 0 aliphatic carbocycles. The van der Waals surface area contributed by atoms with E-state index in [9.17, 15) is 14.4 Å². The zero-order chi connectivity index (χ0) is 25.3. The second kappa shape index (κ2) is 11.9. The van der Waals surface area contributed by atoms with Gasteiger partial charge in [-0.1, -0.05) is 24.3 Å². The Bertz CT molecular complexity index is 1070. The summed E-state index contributed by atoms with van der Waals surface area (Å²) < 4.78 is 10.3. The van der Waals surface area contributed by atoms with Crippen LogP contribution in [0.4, 0.5) is 5.69 Å². The van der Waals surface area contributed by atoms with Gasteiger partial charge in [0.25, 0.3) is 0 Å². The van der Waals surface area contributed by atoms with E-state index in [1.807, 2.05) is 20.8 Å². The van der Waals surface area contributed by atoms with Gasteiger partial charge in [0.1, 0.15) is 5.60 Å². The lowest BCUT2D eigenvalue weighted by Crippen LogP contribution is -2.27. The Hall–Kier alpha value is -3.74. The molecule has 1 aromatic carbocycles. The highest BCUT2D eigenvalue weighted by molar-refractivity contribution is 5.96. The second-order valence-electron chi connectivity index (χ2n) is 8.76. The lowest BCUT2D eigenvalue weighted by Gasteiger charge is -2.24. The molecule has 0 saturated carbocycles. The molecule has 0 saturated heterocycles. The molecule has 1 unspecified atom stereocenters. The number of hydrogen-bond donors (Lipinski definition) is 1. The average molecular weight is 465 g/mol. The van der Waals surface area contributed by atoms with E-state index in [4.69, 9.17) is 9.47 Å². The van der Waals surface area contributed by atoms with Gasteiger partial charge < -0.3 is 14.8 Å². The number of pyridine rings is 1. The third kappa shape index (κ3) is 7.69. The molecule has 34 heavy (non-hydrogen) atoms. The van der Waals surface area contributed by atoms with E-state index in [1.54, 1.807) is 42.6 Å². The van der Waals surface area contributed by atoms with Gasteiger partial charge in [0.15, 0.2) is 0 Å². The number of esters is 2. The third-order valence-corrected chi connectivity index (χ3v) is 4.82. The second-order valence-corrected chi connectivity index (χ2v) is 8.76. The van der Waals surface area contributed by atoms with Crippen molar-refractivity contribution in [1.29, 1.82) is 0 Å². The third-order valence-electron chi connectivity index (χ3n) is 4.82. The van der Waals surface area contributed by atoms with E-state index in [0.29, 0.717) is 28.9 Å². The number of anilines is 1. The molecule has 180 valence electrons. The van der Waals surface area contributed by atoms with E-state index in [-0.39, 0.29) is 30.7 Å². The summed E-state index contributed by atoms with van der Waals surface area (Å²) in [6, 6.07) is 8.85. The highest BCUT2D eigenvalue weighted by Crippen LogP contribution is 2.32. The molecule has 0 radical (unpaired) electrons. The van der Waals surface area contributed by atoms with Crippen LogP contribution in [0.5, 0.6) is 0 Å². The van der Waals surface area contributed by atoms with Crippen molar-refractivity contribution in [3.05, 3.63) is 73.0 Å². The molecule has 1 amide bonds. The largest absolute Gasteiger partial charge is 0.469 e. The Morgan fingerprint density at radius 3 is 2.47 bits per heavy atom. The minimum absolute atomic E-state index is 0.0641. The molecule has 1 heterocycles. The number of methoxy groups -OCH3 is 1. The first-order chi connectivity index (χ1) is 16.1. The summed E-state index contributed by atoms with van der Waals surface area (Å²) in [5.41, 5.74) is 2.49. The molecular weight excluding hydrogens is 432 g/mol. The quantitative estimate of drug-likeness (QED) is 0.394. The summed E-state index contributed by atoms with van der Waals surface area (Å²) in [5.74, 6) is -1.53. The minimum Gasteiger partial charge on any atom is -0.469 e. The molecule has 1 atom stereocenters. The first kappa shape index (κ1) is 26.5. The number of amides is 1. The summed E-state index contributed by atoms with van der Waals surface area (Å²) in [7, 11) is 1.32. The predicted molar refractivity (Wildman–Crippen MR) is 132 cm³/mol. The topological polar surface area (TPSA) is 94.6 Å². The molecule has 0 fully saturated rings. The molecule has 0 aliphatic heterocycles. The minimum atomic E-state index is -0.621. The van der Waals surface area contributed by atoms with Gasteiger partial charge in [0.05, 0.1) is 30.8 Å². The maximum atomic E-state index is 12.9. The van der Waals surface area contributed by atoms with Gasteiger partial charge in [-0.05, 0) is 56.5 Å². The van der Waals surface area contributed by atoms with E-state index in [0.717, 1.165) is 5.56 Å². The Kier molecular flexibility index (Phi) is 9.30. The van der Waals surface area contributed by atoms with Crippen LogP contribution in [0.1, 0.15) is 50.7 Å². The van der Waals surface area contributed by atoms with Crippen LogP contribution < -0.4 is 5.32 Å². The highest BCUT2D eigenvalue weighted by atomic mass is 16.6. The van der Waals surface area contributed by atoms with Gasteiger partial charge in [0, 0.05) is 18.2 Å². The van der Waals surface area contributed by atoms with E-state index < -0.39 is 11.5 Å². The maximum Gasteiger partial charge on any atom is 0.314 e. The molecule has 7 heteroatoms. The first-order valence-electron chi connectivity index (χ1n) is 11.0. The maximum absolute atomic E-state index is 12.9. The van der Waals surface area contributed by atoms with E-state index >= 15 is 0 Å². The molecule has 1 aromatic heterocycles. The Labute approximate surface area is 200 Å². The number of benzene rings is 1. The van der Waals surface area contributed by atoms with Crippen molar-refractivity contribution < 1.29 is 23.9 Å². The molecule has 0 aliphatic rings. The fourth-order valence-corrected chi connectivity index (χ4v) is 3.32. The van der Waals surface area contributed by atoms with E-state index in [2.05, 4.69) is 23.5 Å². The number of allylic oxidation sites excluding steroid dienone is 1. The fourth-order valence-electron chi connectivity index (χ4n) is 3.32. The van der Waals surface area contributed by atoms with Crippen LogP contribution >= 0.6 is 0 Å². The molecule has 2 rings (SSSR count). The number of aromatic nitrogens is 1. The lowest BCUT2D eigenvalue weighted by molar-refractivity contribution is -0.156. The molecule has 0 bridgehead atoms. The van der Waals surface area contributed by atoms with E-state index in [1.165, 1.54) is 13.2 Å². The molecule has 7 nitrogen and oxygen atoms in total. The van der Waals surface area contributed by atoms with Gasteiger partial charge in [-0.25, -0.2) is 0 Å². The van der Waals surface area contributed by atoms with Crippen LogP contribution in [-0.4, -0.2) is 35.5 Å². The van der Waals surface area contributed by atoms with Gasteiger partial charge in [0.2, 0.25) is 5.91 Å². The fraction of sp³-hybridized carbons (Fsp3) is 0.333. The smallest absolute Gasteiger partial charge is 0.314 e. The zero-order valence-electron chi connectivity index (χ0n) is 20.2. The highest BCUT2D eigenvalue weighted by Gasteiger charge is 2.26. The van der Waals surface area contributed by atoms with Gasteiger partial charge in [-0.15, -0.1) is 13.2 Å². The van der Waals surface area contributed by atoms with Gasteiger partial charge >= 0.3 is 11.9 Å². The van der Waals surface area contributed by atoms with Gasteiger partial charge in [-0.3, -0.25) is 19.4 Å².